The maximum atomic E-state index is 12.9. The zero-order valence-corrected chi connectivity index (χ0v) is 18.8. The Labute approximate surface area is 187 Å². The molecule has 0 bridgehead atoms. The van der Waals surface area contributed by atoms with Gasteiger partial charge in [-0.05, 0) is 54.2 Å². The third-order valence-corrected chi connectivity index (χ3v) is 6.20. The van der Waals surface area contributed by atoms with E-state index in [1.807, 2.05) is 48.7 Å². The number of aromatic nitrogens is 1. The number of methoxy groups -OCH3 is 1. The standard InChI is InChI=1S/C26H28N2O4/c1-15(2)17-5-7-18(8-6-17)24-23(16(3)29)25(30)26(31)28(24)12-11-19-14-27-22-10-9-20(32-4)13-21(19)22/h5-10,13-15,24,27,30H,11-12H2,1-4H3. The SMILES string of the molecule is COc1ccc2[nH]cc(CCN3C(=O)C(O)=C(C(C)=O)C3c3ccc(C(C)C)cc3)c2c1. The topological polar surface area (TPSA) is 82.6 Å². The Hall–Kier alpha value is -3.54. The predicted molar refractivity (Wildman–Crippen MR) is 124 cm³/mol. The summed E-state index contributed by atoms with van der Waals surface area (Å²) in [4.78, 5) is 30.2. The van der Waals surface area contributed by atoms with Crippen molar-refractivity contribution in [1.29, 1.82) is 0 Å². The number of aliphatic hydroxyl groups is 1. The molecule has 0 spiro atoms. The van der Waals surface area contributed by atoms with Crippen molar-refractivity contribution >= 4 is 22.6 Å². The van der Waals surface area contributed by atoms with Gasteiger partial charge in [0.2, 0.25) is 0 Å². The summed E-state index contributed by atoms with van der Waals surface area (Å²) in [5.41, 5.74) is 4.18. The fourth-order valence-electron chi connectivity index (χ4n) is 4.39. The number of ether oxygens (including phenoxy) is 1. The van der Waals surface area contributed by atoms with Crippen LogP contribution in [0.3, 0.4) is 0 Å². The second-order valence-corrected chi connectivity index (χ2v) is 8.52. The molecule has 1 aliphatic rings. The van der Waals surface area contributed by atoms with E-state index in [9.17, 15) is 14.7 Å². The lowest BCUT2D eigenvalue weighted by Crippen LogP contribution is -2.32. The van der Waals surface area contributed by atoms with Gasteiger partial charge in [-0.1, -0.05) is 38.1 Å². The molecule has 1 aromatic heterocycles. The van der Waals surface area contributed by atoms with Gasteiger partial charge in [-0.2, -0.15) is 0 Å². The zero-order valence-electron chi connectivity index (χ0n) is 18.8. The van der Waals surface area contributed by atoms with E-state index >= 15 is 0 Å². The van der Waals surface area contributed by atoms with Crippen LogP contribution < -0.4 is 4.74 Å². The van der Waals surface area contributed by atoms with Gasteiger partial charge in [0, 0.05) is 23.6 Å². The van der Waals surface area contributed by atoms with E-state index in [2.05, 4.69) is 18.8 Å². The summed E-state index contributed by atoms with van der Waals surface area (Å²) < 4.78 is 5.34. The quantitative estimate of drug-likeness (QED) is 0.560. The minimum atomic E-state index is -0.596. The molecule has 2 N–H and O–H groups in total. The number of benzene rings is 2. The van der Waals surface area contributed by atoms with Crippen molar-refractivity contribution < 1.29 is 19.4 Å². The van der Waals surface area contributed by atoms with Gasteiger partial charge in [-0.3, -0.25) is 9.59 Å². The van der Waals surface area contributed by atoms with Crippen LogP contribution in [0.15, 0.2) is 60.0 Å². The van der Waals surface area contributed by atoms with E-state index in [-0.39, 0.29) is 11.4 Å². The number of Topliss-reactive ketones (excluding diaryl/α,β-unsaturated/α-hetero) is 1. The van der Waals surface area contributed by atoms with Gasteiger partial charge in [-0.25, -0.2) is 0 Å². The van der Waals surface area contributed by atoms with Crippen molar-refractivity contribution in [3.05, 3.63) is 76.7 Å². The number of fused-ring (bicyclic) bond motifs is 1. The van der Waals surface area contributed by atoms with Crippen molar-refractivity contribution in [3.8, 4) is 5.75 Å². The Morgan fingerprint density at radius 2 is 1.91 bits per heavy atom. The maximum Gasteiger partial charge on any atom is 0.290 e. The minimum Gasteiger partial charge on any atom is -0.503 e. The van der Waals surface area contributed by atoms with Crippen LogP contribution in [0.2, 0.25) is 0 Å². The average Bonchev–Trinajstić information content (AvgIpc) is 3.30. The van der Waals surface area contributed by atoms with Crippen LogP contribution in [-0.2, 0) is 16.0 Å². The van der Waals surface area contributed by atoms with Gasteiger partial charge >= 0.3 is 0 Å². The molecule has 1 amide bonds. The molecule has 32 heavy (non-hydrogen) atoms. The van der Waals surface area contributed by atoms with Crippen LogP contribution in [0.5, 0.6) is 5.75 Å². The molecule has 4 rings (SSSR count). The number of carbonyl (C=O) groups excluding carboxylic acids is 2. The molecule has 1 atom stereocenters. The van der Waals surface area contributed by atoms with Crippen LogP contribution in [0.4, 0.5) is 0 Å². The lowest BCUT2D eigenvalue weighted by Gasteiger charge is -2.27. The van der Waals surface area contributed by atoms with E-state index < -0.39 is 17.7 Å². The summed E-state index contributed by atoms with van der Waals surface area (Å²) in [5.74, 6) is -0.118. The second-order valence-electron chi connectivity index (χ2n) is 8.52. The van der Waals surface area contributed by atoms with Gasteiger partial charge < -0.3 is 19.7 Å². The van der Waals surface area contributed by atoms with Crippen LogP contribution in [0.1, 0.15) is 49.4 Å². The number of carbonyl (C=O) groups is 2. The van der Waals surface area contributed by atoms with Crippen LogP contribution in [-0.4, -0.2) is 40.3 Å². The molecule has 0 radical (unpaired) electrons. The molecule has 0 aliphatic carbocycles. The highest BCUT2D eigenvalue weighted by Crippen LogP contribution is 2.38. The summed E-state index contributed by atoms with van der Waals surface area (Å²) in [6, 6.07) is 13.1. The molecule has 6 nitrogen and oxygen atoms in total. The Balaban J connectivity index is 1.66. The molecule has 0 saturated carbocycles. The number of rotatable bonds is 7. The Morgan fingerprint density at radius 3 is 2.53 bits per heavy atom. The first-order valence-corrected chi connectivity index (χ1v) is 10.8. The third-order valence-electron chi connectivity index (χ3n) is 6.20. The van der Waals surface area contributed by atoms with Crippen molar-refractivity contribution in [2.45, 2.75) is 39.2 Å². The van der Waals surface area contributed by atoms with Gasteiger partial charge in [0.05, 0.1) is 18.7 Å². The smallest absolute Gasteiger partial charge is 0.290 e. The number of nitrogens with one attached hydrogen (secondary N) is 1. The van der Waals surface area contributed by atoms with Crippen LogP contribution in [0, 0.1) is 0 Å². The third kappa shape index (κ3) is 3.77. The highest BCUT2D eigenvalue weighted by atomic mass is 16.5. The molecule has 1 unspecified atom stereocenters. The fourth-order valence-corrected chi connectivity index (χ4v) is 4.39. The van der Waals surface area contributed by atoms with Crippen LogP contribution >= 0.6 is 0 Å². The fraction of sp³-hybridized carbons (Fsp3) is 0.308. The molecule has 2 heterocycles. The minimum absolute atomic E-state index is 0.160. The number of aromatic amines is 1. The van der Waals surface area contributed by atoms with Crippen molar-refractivity contribution in [3.63, 3.8) is 0 Å². The van der Waals surface area contributed by atoms with E-state index in [1.54, 1.807) is 12.0 Å². The van der Waals surface area contributed by atoms with Gasteiger partial charge in [-0.15, -0.1) is 0 Å². The average molecular weight is 433 g/mol. The summed E-state index contributed by atoms with van der Waals surface area (Å²) in [5, 5.41) is 11.5. The lowest BCUT2D eigenvalue weighted by molar-refractivity contribution is -0.129. The number of nitrogens with zero attached hydrogens (tertiary/aromatic N) is 1. The zero-order chi connectivity index (χ0) is 23.0. The maximum absolute atomic E-state index is 12.9. The predicted octanol–water partition coefficient (Wildman–Crippen LogP) is 4.83. The van der Waals surface area contributed by atoms with Crippen molar-refractivity contribution in [2.75, 3.05) is 13.7 Å². The first kappa shape index (κ1) is 21.7. The van der Waals surface area contributed by atoms with E-state index in [0.29, 0.717) is 18.9 Å². The highest BCUT2D eigenvalue weighted by molar-refractivity contribution is 6.08. The Morgan fingerprint density at radius 1 is 1.19 bits per heavy atom. The second kappa shape index (κ2) is 8.54. The molecular formula is C26H28N2O4. The number of amides is 1. The summed E-state index contributed by atoms with van der Waals surface area (Å²) in [6.07, 6.45) is 2.49. The van der Waals surface area contributed by atoms with E-state index in [1.165, 1.54) is 12.5 Å². The van der Waals surface area contributed by atoms with E-state index in [4.69, 9.17) is 4.74 Å². The van der Waals surface area contributed by atoms with Gasteiger partial charge in [0.1, 0.15) is 5.75 Å². The molecule has 1 aliphatic heterocycles. The number of ketones is 1. The largest absolute Gasteiger partial charge is 0.503 e. The first-order valence-electron chi connectivity index (χ1n) is 10.8. The molecular weight excluding hydrogens is 404 g/mol. The Kier molecular flexibility index (Phi) is 5.78. The first-order chi connectivity index (χ1) is 15.3. The number of hydrogen-bond donors (Lipinski definition) is 2. The van der Waals surface area contributed by atoms with Crippen molar-refractivity contribution in [2.24, 2.45) is 0 Å². The molecule has 166 valence electrons. The van der Waals surface area contributed by atoms with Gasteiger partial charge in [0.25, 0.3) is 5.91 Å². The molecule has 0 saturated heterocycles. The summed E-state index contributed by atoms with van der Waals surface area (Å²) in [6.45, 7) is 5.98. The highest BCUT2D eigenvalue weighted by Gasteiger charge is 2.42. The molecule has 0 fully saturated rings. The summed E-state index contributed by atoms with van der Waals surface area (Å²) in [7, 11) is 1.63. The summed E-state index contributed by atoms with van der Waals surface area (Å²) >= 11 is 0. The Bertz CT molecular complexity index is 1200. The monoisotopic (exact) mass is 432 g/mol. The lowest BCUT2D eigenvalue weighted by atomic mass is 9.94. The number of H-pyrrole nitrogens is 1. The van der Waals surface area contributed by atoms with Crippen molar-refractivity contribution in [1.82, 2.24) is 9.88 Å². The van der Waals surface area contributed by atoms with Gasteiger partial charge in [0.15, 0.2) is 11.5 Å². The number of hydrogen-bond acceptors (Lipinski definition) is 4. The molecule has 3 aromatic rings. The normalized spacial score (nSPS) is 16.5. The molecule has 2 aromatic carbocycles. The van der Waals surface area contributed by atoms with E-state index in [0.717, 1.165) is 27.8 Å². The molecule has 6 heteroatoms. The number of aliphatic hydroxyl groups excluding tert-OH is 1. The van der Waals surface area contributed by atoms with Crippen LogP contribution in [0.25, 0.3) is 10.9 Å².